The fraction of sp³-hybridized carbons (Fsp3) is 1.00. The third-order valence-corrected chi connectivity index (χ3v) is 4.75. The molecule has 2 fully saturated rings. The van der Waals surface area contributed by atoms with Crippen molar-refractivity contribution in [1.82, 2.24) is 0 Å². The van der Waals surface area contributed by atoms with Crippen LogP contribution in [0.1, 0.15) is 47.0 Å². The molecule has 2 N–H and O–H groups in total. The van der Waals surface area contributed by atoms with Gasteiger partial charge >= 0.3 is 0 Å². The molecule has 0 aliphatic heterocycles. The first-order chi connectivity index (χ1) is 6.40. The highest BCUT2D eigenvalue weighted by molar-refractivity contribution is 5.10. The van der Waals surface area contributed by atoms with Gasteiger partial charge in [0.15, 0.2) is 0 Å². The van der Waals surface area contributed by atoms with E-state index in [9.17, 15) is 5.11 Å². The van der Waals surface area contributed by atoms with Gasteiger partial charge in [0.25, 0.3) is 0 Å². The van der Waals surface area contributed by atoms with Gasteiger partial charge in [-0.2, -0.15) is 0 Å². The summed E-state index contributed by atoms with van der Waals surface area (Å²) in [6.45, 7) is 8.83. The van der Waals surface area contributed by atoms with Crippen LogP contribution in [-0.4, -0.2) is 22.9 Å². The van der Waals surface area contributed by atoms with E-state index < -0.39 is 0 Å². The van der Waals surface area contributed by atoms with Crippen LogP contribution in [-0.2, 0) is 0 Å². The molecule has 0 spiro atoms. The van der Waals surface area contributed by atoms with E-state index in [1.807, 2.05) is 0 Å². The summed E-state index contributed by atoms with van der Waals surface area (Å²) in [7, 11) is 0. The highest BCUT2D eigenvalue weighted by Crippen LogP contribution is 2.65. The van der Waals surface area contributed by atoms with E-state index in [0.29, 0.717) is 5.41 Å². The fourth-order valence-electron chi connectivity index (χ4n) is 3.16. The second-order valence-corrected chi connectivity index (χ2v) is 5.44. The maximum Gasteiger partial charge on any atom is 0.0601 e. The van der Waals surface area contributed by atoms with Crippen molar-refractivity contribution in [3.05, 3.63) is 0 Å². The number of fused-ring (bicyclic) bond motifs is 2. The predicted octanol–water partition coefficient (Wildman–Crippen LogP) is 2.19. The lowest BCUT2D eigenvalue weighted by atomic mass is 9.70. The van der Waals surface area contributed by atoms with E-state index in [1.54, 1.807) is 6.92 Å². The molecule has 2 heteroatoms. The Balaban J connectivity index is 0.000000293. The average Bonchev–Trinajstić information content (AvgIpc) is 2.38. The molecule has 0 aromatic carbocycles. The van der Waals surface area contributed by atoms with Crippen molar-refractivity contribution in [1.29, 1.82) is 0 Å². The molecular weight excluding hydrogens is 176 g/mol. The Morgan fingerprint density at radius 3 is 1.93 bits per heavy atom. The predicted molar refractivity (Wildman–Crippen MR) is 58.0 cm³/mol. The summed E-state index contributed by atoms with van der Waals surface area (Å²) < 4.78 is 0. The molecule has 3 atom stereocenters. The quantitative estimate of drug-likeness (QED) is 0.629. The average molecular weight is 200 g/mol. The molecule has 0 amide bonds. The molecular formula is C12H24O2. The SMILES string of the molecule is CC1(C)[C@@H]2CC[C@@]1(C)[C@@H](O)C2.CCO. The van der Waals surface area contributed by atoms with E-state index in [-0.39, 0.29) is 18.1 Å². The van der Waals surface area contributed by atoms with Crippen molar-refractivity contribution in [3.63, 3.8) is 0 Å². The molecule has 0 aromatic rings. The first kappa shape index (κ1) is 12.0. The van der Waals surface area contributed by atoms with Crippen molar-refractivity contribution in [2.75, 3.05) is 6.61 Å². The maximum atomic E-state index is 9.81. The topological polar surface area (TPSA) is 40.5 Å². The Bertz CT molecular complexity index is 200. The van der Waals surface area contributed by atoms with Gasteiger partial charge < -0.3 is 10.2 Å². The van der Waals surface area contributed by atoms with E-state index in [4.69, 9.17) is 5.11 Å². The Labute approximate surface area is 87.3 Å². The summed E-state index contributed by atoms with van der Waals surface area (Å²) in [6, 6.07) is 0. The Morgan fingerprint density at radius 2 is 1.79 bits per heavy atom. The minimum absolute atomic E-state index is 0.0313. The first-order valence-corrected chi connectivity index (χ1v) is 5.69. The van der Waals surface area contributed by atoms with Crippen molar-refractivity contribution in [3.8, 4) is 0 Å². The van der Waals surface area contributed by atoms with Gasteiger partial charge in [0.1, 0.15) is 0 Å². The highest BCUT2D eigenvalue weighted by Gasteiger charge is 2.60. The van der Waals surface area contributed by atoms with E-state index in [1.165, 1.54) is 12.8 Å². The fourth-order valence-corrected chi connectivity index (χ4v) is 3.16. The Morgan fingerprint density at radius 1 is 1.29 bits per heavy atom. The summed E-state index contributed by atoms with van der Waals surface area (Å²) in [5.41, 5.74) is 0.601. The highest BCUT2D eigenvalue weighted by atomic mass is 16.3. The van der Waals surface area contributed by atoms with Gasteiger partial charge in [-0.1, -0.05) is 20.8 Å². The van der Waals surface area contributed by atoms with Crippen LogP contribution in [0, 0.1) is 16.7 Å². The van der Waals surface area contributed by atoms with Gasteiger partial charge in [0.2, 0.25) is 0 Å². The second-order valence-electron chi connectivity index (χ2n) is 5.44. The zero-order valence-electron chi connectivity index (χ0n) is 9.88. The molecule has 0 aromatic heterocycles. The van der Waals surface area contributed by atoms with E-state index >= 15 is 0 Å². The minimum Gasteiger partial charge on any atom is -0.397 e. The molecule has 2 rings (SSSR count). The van der Waals surface area contributed by atoms with Gasteiger partial charge in [-0.15, -0.1) is 0 Å². The van der Waals surface area contributed by atoms with Crippen LogP contribution < -0.4 is 0 Å². The van der Waals surface area contributed by atoms with Crippen LogP contribution in [0.25, 0.3) is 0 Å². The molecule has 2 nitrogen and oxygen atoms in total. The van der Waals surface area contributed by atoms with E-state index in [0.717, 1.165) is 12.3 Å². The normalized spacial score (nSPS) is 43.3. The molecule has 0 saturated heterocycles. The van der Waals surface area contributed by atoms with Crippen LogP contribution in [0.5, 0.6) is 0 Å². The molecule has 2 aliphatic rings. The van der Waals surface area contributed by atoms with Crippen molar-refractivity contribution in [2.24, 2.45) is 16.7 Å². The summed E-state index contributed by atoms with van der Waals surface area (Å²) in [4.78, 5) is 0. The Hall–Kier alpha value is -0.0800. The molecule has 0 heterocycles. The van der Waals surface area contributed by atoms with Crippen molar-refractivity contribution in [2.45, 2.75) is 53.1 Å². The van der Waals surface area contributed by atoms with Crippen molar-refractivity contribution >= 4 is 0 Å². The summed E-state index contributed by atoms with van der Waals surface area (Å²) in [5.74, 6) is 0.780. The van der Waals surface area contributed by atoms with Crippen LogP contribution >= 0.6 is 0 Å². The number of hydrogen-bond acceptors (Lipinski definition) is 2. The van der Waals surface area contributed by atoms with Crippen molar-refractivity contribution < 1.29 is 10.2 Å². The van der Waals surface area contributed by atoms with Gasteiger partial charge in [0, 0.05) is 6.61 Å². The number of rotatable bonds is 0. The van der Waals surface area contributed by atoms with Gasteiger partial charge in [0.05, 0.1) is 6.10 Å². The number of hydrogen-bond donors (Lipinski definition) is 2. The largest absolute Gasteiger partial charge is 0.397 e. The standard InChI is InChI=1S/C10H18O.C2H6O/c1-9(2)7-4-5-10(9,3)8(11)6-7;1-2-3/h7-8,11H,4-6H2,1-3H3;3H,2H2,1H3/t7-,8+,10+;/m1./s1. The smallest absolute Gasteiger partial charge is 0.0601 e. The molecule has 14 heavy (non-hydrogen) atoms. The number of aliphatic hydroxyl groups is 2. The summed E-state index contributed by atoms with van der Waals surface area (Å²) in [5, 5.41) is 17.4. The molecule has 84 valence electrons. The second kappa shape index (κ2) is 3.82. The molecule has 0 radical (unpaired) electrons. The van der Waals surface area contributed by atoms with Gasteiger partial charge in [-0.25, -0.2) is 0 Å². The van der Waals surface area contributed by atoms with Crippen LogP contribution in [0.3, 0.4) is 0 Å². The lowest BCUT2D eigenvalue weighted by molar-refractivity contribution is 0.0126. The van der Waals surface area contributed by atoms with Gasteiger partial charge in [-0.05, 0) is 42.9 Å². The van der Waals surface area contributed by atoms with E-state index in [2.05, 4.69) is 20.8 Å². The Kier molecular flexibility index (Phi) is 3.27. The lowest BCUT2D eigenvalue weighted by Crippen LogP contribution is -2.35. The number of aliphatic hydroxyl groups excluding tert-OH is 2. The van der Waals surface area contributed by atoms with Gasteiger partial charge in [-0.3, -0.25) is 0 Å². The third-order valence-electron chi connectivity index (χ3n) is 4.75. The molecule has 0 unspecified atom stereocenters. The zero-order chi connectivity index (χ0) is 11.0. The molecule has 2 aliphatic carbocycles. The van der Waals surface area contributed by atoms with Crippen LogP contribution in [0.4, 0.5) is 0 Å². The third kappa shape index (κ3) is 1.49. The minimum atomic E-state index is -0.0313. The maximum absolute atomic E-state index is 9.81. The molecule has 2 bridgehead atoms. The monoisotopic (exact) mass is 200 g/mol. The first-order valence-electron chi connectivity index (χ1n) is 5.69. The summed E-state index contributed by atoms with van der Waals surface area (Å²) in [6.07, 6.45) is 3.58. The van der Waals surface area contributed by atoms with Crippen LogP contribution in [0.2, 0.25) is 0 Å². The zero-order valence-corrected chi connectivity index (χ0v) is 9.88. The summed E-state index contributed by atoms with van der Waals surface area (Å²) >= 11 is 0. The van der Waals surface area contributed by atoms with Crippen LogP contribution in [0.15, 0.2) is 0 Å². The molecule has 2 saturated carbocycles. The lowest BCUT2D eigenvalue weighted by Gasteiger charge is -2.36.